The number of pyridine rings is 1. The van der Waals surface area contributed by atoms with Crippen LogP contribution in [0, 0.1) is 18.2 Å². The zero-order valence-electron chi connectivity index (χ0n) is 30.3. The number of rotatable bonds is 6. The molecule has 9 nitrogen and oxygen atoms in total. The third kappa shape index (κ3) is 7.86. The lowest BCUT2D eigenvalue weighted by Crippen LogP contribution is -2.44. The number of esters is 1. The molecule has 0 spiro atoms. The van der Waals surface area contributed by atoms with Gasteiger partial charge in [-0.25, -0.2) is 14.1 Å². The maximum absolute atomic E-state index is 14.3. The third-order valence-electron chi connectivity index (χ3n) is 9.22. The average Bonchev–Trinajstić information content (AvgIpc) is 3.32. The van der Waals surface area contributed by atoms with Gasteiger partial charge in [0, 0.05) is 30.8 Å². The number of alkyl halides is 6. The second kappa shape index (κ2) is 13.8. The van der Waals surface area contributed by atoms with Gasteiger partial charge in [0.1, 0.15) is 11.4 Å². The Morgan fingerprint density at radius 2 is 1.43 bits per heavy atom. The Morgan fingerprint density at radius 3 is 1.92 bits per heavy atom. The van der Waals surface area contributed by atoms with E-state index in [0.717, 1.165) is 23.0 Å². The highest BCUT2D eigenvalue weighted by atomic mass is 19.4. The largest absolute Gasteiger partial charge is 0.468 e. The molecule has 1 aliphatic rings. The van der Waals surface area contributed by atoms with Gasteiger partial charge < -0.3 is 14.4 Å². The Morgan fingerprint density at radius 1 is 0.887 bits per heavy atom. The number of nitrogens with zero attached hydrogens (tertiary/aromatic N) is 3. The van der Waals surface area contributed by atoms with Crippen LogP contribution >= 0.6 is 0 Å². The van der Waals surface area contributed by atoms with Crippen LogP contribution < -0.4 is 4.90 Å². The smallest absolute Gasteiger partial charge is 0.417 e. The topological polar surface area (TPSA) is 106 Å². The van der Waals surface area contributed by atoms with Crippen molar-refractivity contribution in [2.24, 2.45) is 5.41 Å². The fourth-order valence-electron chi connectivity index (χ4n) is 6.22. The van der Waals surface area contributed by atoms with E-state index < -0.39 is 81.1 Å². The molecule has 0 aliphatic carbocycles. The van der Waals surface area contributed by atoms with Crippen molar-refractivity contribution in [2.45, 2.75) is 77.8 Å². The van der Waals surface area contributed by atoms with Gasteiger partial charge in [-0.2, -0.15) is 26.3 Å². The van der Waals surface area contributed by atoms with Crippen molar-refractivity contribution >= 4 is 29.6 Å². The normalized spacial score (nSPS) is 18.2. The number of likely N-dealkylation sites (N-methyl/N-ethyl adjacent to an activating group) is 1. The summed E-state index contributed by atoms with van der Waals surface area (Å²) in [6.07, 6.45) is -10.2. The van der Waals surface area contributed by atoms with Gasteiger partial charge in [0.05, 0.1) is 35.5 Å². The fourth-order valence-corrected chi connectivity index (χ4v) is 6.22. The molecule has 1 aromatic heterocycles. The molecule has 1 aliphatic heterocycles. The molecular weight excluding hydrogens is 715 g/mol. The SMILES string of the molecule is COC(=O)C1(C)C(=O)N(C(=O)OC(C)(C)C)CC1c1cc(-c2ccc(F)cc2C)c(N(C)C(=O)C(C)(C)c2cc(C(F)(F)F)cc(C(F)(F)F)c2)cn1. The van der Waals surface area contributed by atoms with Crippen LogP contribution in [0.2, 0.25) is 0 Å². The monoisotopic (exact) mass is 753 g/mol. The molecule has 16 heteroatoms. The number of carbonyl (C=O) groups is 4. The summed E-state index contributed by atoms with van der Waals surface area (Å²) in [4.78, 5) is 60.4. The zero-order chi connectivity index (χ0) is 40.2. The van der Waals surface area contributed by atoms with Crippen molar-refractivity contribution in [3.05, 3.63) is 82.4 Å². The van der Waals surface area contributed by atoms with E-state index in [1.54, 1.807) is 27.7 Å². The maximum Gasteiger partial charge on any atom is 0.417 e. The second-order valence-corrected chi connectivity index (χ2v) is 14.5. The van der Waals surface area contributed by atoms with E-state index in [-0.39, 0.29) is 29.6 Å². The minimum Gasteiger partial charge on any atom is -0.468 e. The van der Waals surface area contributed by atoms with Gasteiger partial charge in [-0.1, -0.05) is 6.07 Å². The average molecular weight is 754 g/mol. The second-order valence-electron chi connectivity index (χ2n) is 14.5. The molecule has 4 rings (SSSR count). The molecule has 53 heavy (non-hydrogen) atoms. The van der Waals surface area contributed by atoms with Crippen LogP contribution in [0.15, 0.2) is 48.7 Å². The number of likely N-dealkylation sites (tertiary alicyclic amines) is 1. The van der Waals surface area contributed by atoms with Gasteiger partial charge in [0.25, 0.3) is 0 Å². The highest BCUT2D eigenvalue weighted by Gasteiger charge is 2.60. The number of ether oxygens (including phenoxy) is 2. The van der Waals surface area contributed by atoms with Gasteiger partial charge in [0.15, 0.2) is 5.41 Å². The van der Waals surface area contributed by atoms with Crippen LogP contribution in [0.5, 0.6) is 0 Å². The first-order chi connectivity index (χ1) is 24.1. The van der Waals surface area contributed by atoms with Crippen LogP contribution in [0.4, 0.5) is 41.2 Å². The predicted molar refractivity (Wildman–Crippen MR) is 178 cm³/mol. The Kier molecular flexibility index (Phi) is 10.6. The number of imide groups is 1. The summed E-state index contributed by atoms with van der Waals surface area (Å²) in [5.41, 5.74) is -7.84. The number of hydrogen-bond acceptors (Lipinski definition) is 7. The van der Waals surface area contributed by atoms with E-state index in [0.29, 0.717) is 23.3 Å². The van der Waals surface area contributed by atoms with Crippen LogP contribution in [-0.4, -0.2) is 60.1 Å². The number of carbonyl (C=O) groups excluding carboxylic acids is 4. The van der Waals surface area contributed by atoms with Crippen molar-refractivity contribution in [3.63, 3.8) is 0 Å². The van der Waals surface area contributed by atoms with E-state index in [9.17, 15) is 49.9 Å². The van der Waals surface area contributed by atoms with Gasteiger partial charge in [-0.15, -0.1) is 0 Å². The summed E-state index contributed by atoms with van der Waals surface area (Å²) in [6, 6.07) is 6.03. The number of aromatic nitrogens is 1. The maximum atomic E-state index is 14.3. The van der Waals surface area contributed by atoms with Crippen LogP contribution in [0.1, 0.15) is 75.4 Å². The lowest BCUT2D eigenvalue weighted by atomic mass is 9.76. The van der Waals surface area contributed by atoms with Crippen molar-refractivity contribution in [2.75, 3.05) is 25.6 Å². The molecular formula is C37H38F7N3O6. The van der Waals surface area contributed by atoms with E-state index in [1.165, 1.54) is 52.2 Å². The van der Waals surface area contributed by atoms with Crippen LogP contribution in [0.25, 0.3) is 11.1 Å². The van der Waals surface area contributed by atoms with Crippen molar-refractivity contribution < 1.29 is 59.4 Å². The first kappa shape index (κ1) is 40.7. The first-order valence-corrected chi connectivity index (χ1v) is 16.1. The molecule has 286 valence electrons. The number of anilines is 1. The van der Waals surface area contributed by atoms with Crippen molar-refractivity contribution in [1.82, 2.24) is 9.88 Å². The van der Waals surface area contributed by atoms with Crippen molar-refractivity contribution in [3.8, 4) is 11.1 Å². The fraction of sp³-hybridized carbons (Fsp3) is 0.432. The van der Waals surface area contributed by atoms with Gasteiger partial charge >= 0.3 is 24.4 Å². The van der Waals surface area contributed by atoms with E-state index in [4.69, 9.17) is 9.47 Å². The number of hydrogen-bond donors (Lipinski definition) is 0. The predicted octanol–water partition coefficient (Wildman–Crippen LogP) is 8.21. The molecule has 2 atom stereocenters. The molecule has 0 bridgehead atoms. The summed E-state index contributed by atoms with van der Waals surface area (Å²) in [6.45, 7) is 9.54. The molecule has 0 N–H and O–H groups in total. The standard InChI is InChI=1S/C37H38F7N3O6/c1-19-12-23(38)10-11-24(19)25-16-27(26-18-47(32(51)53-33(2,3)4)30(49)35(26,7)31(50)52-9)45-17-28(25)46(8)29(48)34(5,6)20-13-21(36(39,40)41)15-22(14-20)37(42,43)44/h10-17,26H,18H2,1-9H3. The first-order valence-electron chi connectivity index (χ1n) is 16.1. The Hall–Kier alpha value is -5.02. The molecule has 2 heterocycles. The molecule has 3 aromatic rings. The quantitative estimate of drug-likeness (QED) is 0.142. The summed E-state index contributed by atoms with van der Waals surface area (Å²) < 4.78 is 107. The molecule has 1 saturated heterocycles. The lowest BCUT2D eigenvalue weighted by molar-refractivity contribution is -0.158. The number of benzene rings is 2. The van der Waals surface area contributed by atoms with Gasteiger partial charge in [0.2, 0.25) is 11.8 Å². The molecule has 3 amide bonds. The van der Waals surface area contributed by atoms with Crippen LogP contribution in [0.3, 0.4) is 0 Å². The highest BCUT2D eigenvalue weighted by Crippen LogP contribution is 2.47. The zero-order valence-corrected chi connectivity index (χ0v) is 30.3. The number of halogens is 7. The molecule has 0 saturated carbocycles. The number of amides is 3. The Labute approximate surface area is 301 Å². The molecule has 1 fully saturated rings. The highest BCUT2D eigenvalue weighted by molar-refractivity contribution is 6.10. The van der Waals surface area contributed by atoms with E-state index in [2.05, 4.69) is 4.98 Å². The Balaban J connectivity index is 1.90. The third-order valence-corrected chi connectivity index (χ3v) is 9.22. The van der Waals surface area contributed by atoms with E-state index in [1.807, 2.05) is 0 Å². The molecule has 0 radical (unpaired) electrons. The van der Waals surface area contributed by atoms with Gasteiger partial charge in [-0.05, 0) is 102 Å². The lowest BCUT2D eigenvalue weighted by Gasteiger charge is -2.32. The van der Waals surface area contributed by atoms with Crippen molar-refractivity contribution in [1.29, 1.82) is 0 Å². The Bertz CT molecular complexity index is 1940. The minimum absolute atomic E-state index is 0.00218. The number of aryl methyl sites for hydroxylation is 1. The minimum atomic E-state index is -5.16. The van der Waals surface area contributed by atoms with E-state index >= 15 is 0 Å². The summed E-state index contributed by atoms with van der Waals surface area (Å²) in [5.74, 6) is -4.61. The van der Waals surface area contributed by atoms with Crippen LogP contribution in [-0.2, 0) is 41.6 Å². The molecule has 2 unspecified atom stereocenters. The molecule has 2 aromatic carbocycles. The summed E-state index contributed by atoms with van der Waals surface area (Å²) in [7, 11) is 2.30. The summed E-state index contributed by atoms with van der Waals surface area (Å²) in [5, 5.41) is 0. The van der Waals surface area contributed by atoms with Gasteiger partial charge in [-0.3, -0.25) is 19.4 Å². The summed E-state index contributed by atoms with van der Waals surface area (Å²) >= 11 is 0. The number of methoxy groups -OCH3 is 1.